The fourth-order valence-corrected chi connectivity index (χ4v) is 7.01. The molecular weight excluding hydrogens is 615 g/mol. The Morgan fingerprint density at radius 3 is 1.84 bits per heavy atom. The number of rotatable bonds is 5. The molecule has 10 aromatic rings. The van der Waals surface area contributed by atoms with E-state index in [1.54, 1.807) is 0 Å². The van der Waals surface area contributed by atoms with Crippen molar-refractivity contribution in [3.8, 4) is 56.3 Å². The molecule has 0 amide bonds. The minimum Gasteiger partial charge on any atom is -0.456 e. The van der Waals surface area contributed by atoms with Crippen LogP contribution in [0.5, 0.6) is 0 Å². The molecule has 0 radical (unpaired) electrons. The summed E-state index contributed by atoms with van der Waals surface area (Å²) in [5, 5.41) is 4.28. The van der Waals surface area contributed by atoms with E-state index in [1.807, 2.05) is 72.9 Å². The first-order chi connectivity index (χ1) is 24.8. The first-order valence-electron chi connectivity index (χ1n) is 16.6. The van der Waals surface area contributed by atoms with Crippen LogP contribution >= 0.6 is 0 Å². The van der Waals surface area contributed by atoms with Crippen molar-refractivity contribution in [2.24, 2.45) is 0 Å². The van der Waals surface area contributed by atoms with Gasteiger partial charge in [-0.25, -0.2) is 9.97 Å². The zero-order chi connectivity index (χ0) is 33.0. The Morgan fingerprint density at radius 1 is 0.380 bits per heavy atom. The van der Waals surface area contributed by atoms with E-state index >= 15 is 0 Å². The molecule has 0 aliphatic heterocycles. The molecule has 50 heavy (non-hydrogen) atoms. The number of furan rings is 2. The van der Waals surface area contributed by atoms with E-state index in [0.717, 1.165) is 94.3 Å². The number of para-hydroxylation sites is 3. The van der Waals surface area contributed by atoms with Gasteiger partial charge >= 0.3 is 0 Å². The van der Waals surface area contributed by atoms with Gasteiger partial charge in [0.25, 0.3) is 0 Å². The van der Waals surface area contributed by atoms with Crippen LogP contribution in [-0.2, 0) is 0 Å². The van der Waals surface area contributed by atoms with E-state index in [2.05, 4.69) is 91.0 Å². The average molecular weight is 642 g/mol. The second-order valence-corrected chi connectivity index (χ2v) is 12.4. The maximum absolute atomic E-state index is 6.78. The molecule has 4 aromatic heterocycles. The molecule has 0 saturated carbocycles. The topological polar surface area (TPSA) is 65.0 Å². The first-order valence-corrected chi connectivity index (χ1v) is 16.6. The fraction of sp³-hybridized carbons (Fsp3) is 0. The predicted molar refractivity (Wildman–Crippen MR) is 202 cm³/mol. The Hall–Kier alpha value is -6.85. The molecular formula is C45H27N3O2. The highest BCUT2D eigenvalue weighted by Gasteiger charge is 2.20. The van der Waals surface area contributed by atoms with Crippen molar-refractivity contribution in [1.82, 2.24) is 15.0 Å². The zero-order valence-corrected chi connectivity index (χ0v) is 26.7. The van der Waals surface area contributed by atoms with E-state index in [4.69, 9.17) is 23.8 Å². The van der Waals surface area contributed by atoms with Gasteiger partial charge in [-0.3, -0.25) is 4.98 Å². The van der Waals surface area contributed by atoms with Gasteiger partial charge in [0, 0.05) is 55.6 Å². The number of benzene rings is 6. The van der Waals surface area contributed by atoms with Crippen LogP contribution in [-0.4, -0.2) is 15.0 Å². The van der Waals surface area contributed by atoms with Gasteiger partial charge in [0.1, 0.15) is 22.3 Å². The van der Waals surface area contributed by atoms with Crippen LogP contribution < -0.4 is 0 Å². The Morgan fingerprint density at radius 2 is 1.02 bits per heavy atom. The molecule has 0 spiro atoms. The molecule has 0 saturated heterocycles. The quantitative estimate of drug-likeness (QED) is 0.187. The van der Waals surface area contributed by atoms with Gasteiger partial charge in [0.15, 0.2) is 5.82 Å². The van der Waals surface area contributed by atoms with Crippen molar-refractivity contribution in [3.05, 3.63) is 164 Å². The van der Waals surface area contributed by atoms with Crippen LogP contribution in [0, 0.1) is 0 Å². The summed E-state index contributed by atoms with van der Waals surface area (Å²) in [5.41, 5.74) is 11.5. The zero-order valence-electron chi connectivity index (χ0n) is 26.7. The molecule has 0 bridgehead atoms. The first kappa shape index (κ1) is 28.2. The molecule has 0 aliphatic rings. The molecule has 6 aromatic carbocycles. The normalized spacial score (nSPS) is 11.6. The third-order valence-electron chi connectivity index (χ3n) is 9.38. The third kappa shape index (κ3) is 4.60. The summed E-state index contributed by atoms with van der Waals surface area (Å²) in [6.07, 6.45) is 1.82. The highest BCUT2D eigenvalue weighted by molar-refractivity contribution is 6.13. The SMILES string of the molecule is c1ccc(-c2nc(-c3ccc4c(c3)oc3ccccc34)cc(-c3cccnc3-c3cccc4c3oc3c(-c5ccccc5)cccc34)n2)cc1. The summed E-state index contributed by atoms with van der Waals surface area (Å²) in [6.45, 7) is 0. The van der Waals surface area contributed by atoms with Crippen molar-refractivity contribution in [3.63, 3.8) is 0 Å². The number of hydrogen-bond acceptors (Lipinski definition) is 5. The van der Waals surface area contributed by atoms with Gasteiger partial charge in [-0.1, -0.05) is 115 Å². The number of nitrogens with zero attached hydrogens (tertiary/aromatic N) is 3. The van der Waals surface area contributed by atoms with Gasteiger partial charge in [0.2, 0.25) is 0 Å². The van der Waals surface area contributed by atoms with Crippen LogP contribution in [0.15, 0.2) is 173 Å². The van der Waals surface area contributed by atoms with Crippen molar-refractivity contribution in [2.45, 2.75) is 0 Å². The third-order valence-corrected chi connectivity index (χ3v) is 9.38. The van der Waals surface area contributed by atoms with Crippen molar-refractivity contribution in [2.75, 3.05) is 0 Å². The van der Waals surface area contributed by atoms with Crippen molar-refractivity contribution in [1.29, 1.82) is 0 Å². The van der Waals surface area contributed by atoms with E-state index in [0.29, 0.717) is 5.82 Å². The van der Waals surface area contributed by atoms with Crippen LogP contribution in [0.1, 0.15) is 0 Å². The molecule has 0 unspecified atom stereocenters. The maximum Gasteiger partial charge on any atom is 0.160 e. The van der Waals surface area contributed by atoms with E-state index in [-0.39, 0.29) is 0 Å². The highest BCUT2D eigenvalue weighted by atomic mass is 16.3. The Balaban J connectivity index is 1.18. The van der Waals surface area contributed by atoms with E-state index < -0.39 is 0 Å². The smallest absolute Gasteiger partial charge is 0.160 e. The second kappa shape index (κ2) is 11.4. The van der Waals surface area contributed by atoms with E-state index in [9.17, 15) is 0 Å². The Kier molecular flexibility index (Phi) is 6.42. The number of fused-ring (bicyclic) bond motifs is 6. The summed E-state index contributed by atoms with van der Waals surface area (Å²) in [6, 6.07) is 53.5. The van der Waals surface area contributed by atoms with Gasteiger partial charge in [-0.15, -0.1) is 0 Å². The monoisotopic (exact) mass is 641 g/mol. The predicted octanol–water partition coefficient (Wildman–Crippen LogP) is 12.0. The lowest BCUT2D eigenvalue weighted by Gasteiger charge is -2.12. The Bertz CT molecular complexity index is 2870. The molecule has 5 heteroatoms. The molecule has 0 aliphatic carbocycles. The van der Waals surface area contributed by atoms with Crippen molar-refractivity contribution < 1.29 is 8.83 Å². The van der Waals surface area contributed by atoms with Crippen molar-refractivity contribution >= 4 is 43.9 Å². The highest BCUT2D eigenvalue weighted by Crippen LogP contribution is 2.42. The molecule has 4 heterocycles. The molecule has 0 fully saturated rings. The number of pyridine rings is 1. The molecule has 0 N–H and O–H groups in total. The minimum atomic E-state index is 0.632. The number of hydrogen-bond donors (Lipinski definition) is 0. The van der Waals surface area contributed by atoms with Crippen LogP contribution in [0.2, 0.25) is 0 Å². The molecule has 5 nitrogen and oxygen atoms in total. The molecule has 0 atom stereocenters. The molecule has 234 valence electrons. The number of aromatic nitrogens is 3. The summed E-state index contributed by atoms with van der Waals surface area (Å²) < 4.78 is 13.0. The standard InChI is InChI=1S/C45H27N3O2/c1-3-12-28(13-4-1)31-17-9-18-34-35-19-10-20-37(44(35)50-43(31)34)42-36(21-11-25-46-42)39-27-38(47-45(48-39)29-14-5-2-6-15-29)30-23-24-33-32-16-7-8-22-40(32)49-41(33)26-30/h1-27H. The maximum atomic E-state index is 6.78. The van der Waals surface area contributed by atoms with Gasteiger partial charge in [-0.05, 0) is 48.0 Å². The summed E-state index contributed by atoms with van der Waals surface area (Å²) in [5.74, 6) is 0.632. The Labute approximate surface area is 287 Å². The summed E-state index contributed by atoms with van der Waals surface area (Å²) in [4.78, 5) is 15.2. The molecule has 10 rings (SSSR count). The van der Waals surface area contributed by atoms with Gasteiger partial charge in [0.05, 0.1) is 17.1 Å². The fourth-order valence-electron chi connectivity index (χ4n) is 7.01. The van der Waals surface area contributed by atoms with E-state index in [1.165, 1.54) is 0 Å². The van der Waals surface area contributed by atoms with Crippen LogP contribution in [0.3, 0.4) is 0 Å². The van der Waals surface area contributed by atoms with Crippen LogP contribution in [0.4, 0.5) is 0 Å². The second-order valence-electron chi connectivity index (χ2n) is 12.4. The average Bonchev–Trinajstić information content (AvgIpc) is 3.77. The lowest BCUT2D eigenvalue weighted by atomic mass is 9.98. The van der Waals surface area contributed by atoms with Crippen LogP contribution in [0.25, 0.3) is 100 Å². The largest absolute Gasteiger partial charge is 0.456 e. The summed E-state index contributed by atoms with van der Waals surface area (Å²) in [7, 11) is 0. The van der Waals surface area contributed by atoms with Gasteiger partial charge in [-0.2, -0.15) is 0 Å². The lowest BCUT2D eigenvalue weighted by molar-refractivity contribution is 0.669. The summed E-state index contributed by atoms with van der Waals surface area (Å²) >= 11 is 0. The minimum absolute atomic E-state index is 0.632. The lowest BCUT2D eigenvalue weighted by Crippen LogP contribution is -1.98. The van der Waals surface area contributed by atoms with Gasteiger partial charge < -0.3 is 8.83 Å².